The zero-order valence-electron chi connectivity index (χ0n) is 10.9. The van der Waals surface area contributed by atoms with Crippen molar-refractivity contribution in [3.05, 3.63) is 48.1 Å². The molecular weight excluding hydrogens is 308 g/mol. The molecule has 0 saturated heterocycles. The average molecular weight is 318 g/mol. The van der Waals surface area contributed by atoms with Crippen LogP contribution in [0, 0.1) is 11.6 Å². The van der Waals surface area contributed by atoms with Gasteiger partial charge >= 0.3 is 5.92 Å². The highest BCUT2D eigenvalue weighted by Crippen LogP contribution is 2.40. The summed E-state index contributed by atoms with van der Waals surface area (Å²) in [6.45, 7) is -1.02. The highest BCUT2D eigenvalue weighted by molar-refractivity contribution is 5.83. The van der Waals surface area contributed by atoms with E-state index in [9.17, 15) is 27.5 Å². The van der Waals surface area contributed by atoms with Crippen LogP contribution in [0.1, 0.15) is 5.56 Å². The van der Waals surface area contributed by atoms with Crippen LogP contribution in [0.2, 0.25) is 0 Å². The van der Waals surface area contributed by atoms with Gasteiger partial charge in [-0.25, -0.2) is 18.4 Å². The van der Waals surface area contributed by atoms with Crippen molar-refractivity contribution in [1.82, 2.24) is 14.8 Å². The third kappa shape index (κ3) is 2.52. The van der Waals surface area contributed by atoms with Crippen LogP contribution in [-0.2, 0) is 16.9 Å². The van der Waals surface area contributed by atoms with Crippen LogP contribution in [0.5, 0.6) is 0 Å². The number of rotatable bonds is 5. The SMILES string of the molecule is NC(=O)C(F)(F)[C@](O)(Cn1cncn1)c1ccc(F)cc1F. The molecule has 22 heavy (non-hydrogen) atoms. The van der Waals surface area contributed by atoms with Gasteiger partial charge in [0.15, 0.2) is 5.60 Å². The van der Waals surface area contributed by atoms with Gasteiger partial charge in [0.05, 0.1) is 6.54 Å². The molecule has 10 heteroatoms. The molecule has 118 valence electrons. The molecule has 0 radical (unpaired) electrons. The van der Waals surface area contributed by atoms with Gasteiger partial charge in [-0.2, -0.15) is 13.9 Å². The fraction of sp³-hybridized carbons (Fsp3) is 0.250. The van der Waals surface area contributed by atoms with E-state index in [1.165, 1.54) is 0 Å². The van der Waals surface area contributed by atoms with Crippen LogP contribution < -0.4 is 5.73 Å². The number of hydrogen-bond acceptors (Lipinski definition) is 4. The lowest BCUT2D eigenvalue weighted by Gasteiger charge is -2.34. The summed E-state index contributed by atoms with van der Waals surface area (Å²) < 4.78 is 55.8. The second-order valence-electron chi connectivity index (χ2n) is 4.52. The van der Waals surface area contributed by atoms with Gasteiger partial charge in [0.2, 0.25) is 0 Å². The van der Waals surface area contributed by atoms with Crippen molar-refractivity contribution in [3.8, 4) is 0 Å². The predicted molar refractivity (Wildman–Crippen MR) is 64.4 cm³/mol. The molecule has 1 atom stereocenters. The number of hydrogen-bond donors (Lipinski definition) is 2. The topological polar surface area (TPSA) is 94.0 Å². The molecule has 0 unspecified atom stereocenters. The smallest absolute Gasteiger partial charge is 0.358 e. The zero-order chi connectivity index (χ0) is 16.5. The molecule has 0 saturated carbocycles. The van der Waals surface area contributed by atoms with Gasteiger partial charge in [-0.1, -0.05) is 0 Å². The minimum Gasteiger partial charge on any atom is -0.377 e. The Balaban J connectivity index is 2.61. The van der Waals surface area contributed by atoms with E-state index >= 15 is 0 Å². The number of aromatic nitrogens is 3. The Morgan fingerprint density at radius 2 is 2.05 bits per heavy atom. The first-order valence-corrected chi connectivity index (χ1v) is 5.86. The molecular formula is C12H10F4N4O2. The molecule has 0 aliphatic carbocycles. The maximum atomic E-state index is 14.1. The third-order valence-electron chi connectivity index (χ3n) is 3.06. The van der Waals surface area contributed by atoms with Crippen molar-refractivity contribution in [2.45, 2.75) is 18.1 Å². The van der Waals surface area contributed by atoms with E-state index in [1.54, 1.807) is 0 Å². The number of nitrogens with zero attached hydrogens (tertiary/aromatic N) is 3. The first-order valence-electron chi connectivity index (χ1n) is 5.86. The van der Waals surface area contributed by atoms with Crippen molar-refractivity contribution in [1.29, 1.82) is 0 Å². The summed E-state index contributed by atoms with van der Waals surface area (Å²) in [5.74, 6) is -9.20. The van der Waals surface area contributed by atoms with E-state index in [2.05, 4.69) is 15.8 Å². The van der Waals surface area contributed by atoms with Crippen LogP contribution in [0.3, 0.4) is 0 Å². The van der Waals surface area contributed by atoms with Crippen LogP contribution in [0.25, 0.3) is 0 Å². The number of amides is 1. The molecule has 0 aliphatic heterocycles. The molecule has 1 heterocycles. The molecule has 1 aromatic carbocycles. The second-order valence-corrected chi connectivity index (χ2v) is 4.52. The van der Waals surface area contributed by atoms with E-state index in [-0.39, 0.29) is 0 Å². The van der Waals surface area contributed by atoms with Gasteiger partial charge < -0.3 is 10.8 Å². The maximum Gasteiger partial charge on any atom is 0.358 e. The van der Waals surface area contributed by atoms with Gasteiger partial charge in [0, 0.05) is 11.6 Å². The summed E-state index contributed by atoms with van der Waals surface area (Å²) in [6, 6.07) is 1.58. The molecule has 0 aliphatic rings. The Morgan fingerprint density at radius 3 is 2.55 bits per heavy atom. The number of aliphatic hydroxyl groups is 1. The third-order valence-corrected chi connectivity index (χ3v) is 3.06. The normalized spacial score (nSPS) is 14.6. The van der Waals surface area contributed by atoms with Gasteiger partial charge in [0.25, 0.3) is 5.91 Å². The minimum atomic E-state index is -4.54. The number of nitrogens with two attached hydrogens (primary N) is 1. The van der Waals surface area contributed by atoms with Crippen LogP contribution >= 0.6 is 0 Å². The molecule has 6 nitrogen and oxygen atoms in total. The van der Waals surface area contributed by atoms with Crippen molar-refractivity contribution < 1.29 is 27.5 Å². The molecule has 1 amide bonds. The van der Waals surface area contributed by atoms with Gasteiger partial charge in [-0.15, -0.1) is 0 Å². The molecule has 1 aromatic heterocycles. The number of alkyl halides is 2. The van der Waals surface area contributed by atoms with Crippen molar-refractivity contribution in [2.24, 2.45) is 5.73 Å². The lowest BCUT2D eigenvalue weighted by molar-refractivity contribution is -0.200. The minimum absolute atomic E-state index is 0.304. The van der Waals surface area contributed by atoms with E-state index in [1.807, 2.05) is 0 Å². The highest BCUT2D eigenvalue weighted by Gasteiger charge is 2.60. The largest absolute Gasteiger partial charge is 0.377 e. The fourth-order valence-electron chi connectivity index (χ4n) is 1.93. The summed E-state index contributed by atoms with van der Waals surface area (Å²) in [7, 11) is 0. The van der Waals surface area contributed by atoms with E-state index < -0.39 is 41.2 Å². The number of primary amides is 1. The predicted octanol–water partition coefficient (Wildman–Crippen LogP) is 0.565. The number of carbonyl (C=O) groups excluding carboxylic acids is 1. The first kappa shape index (κ1) is 15.9. The second kappa shape index (κ2) is 5.37. The molecule has 2 rings (SSSR count). The summed E-state index contributed by atoms with van der Waals surface area (Å²) >= 11 is 0. The van der Waals surface area contributed by atoms with Gasteiger partial charge in [0.1, 0.15) is 24.3 Å². The summed E-state index contributed by atoms with van der Waals surface area (Å²) in [5.41, 5.74) is 0.249. The summed E-state index contributed by atoms with van der Waals surface area (Å²) in [6.07, 6.45) is 1.97. The Bertz CT molecular complexity index is 692. The Morgan fingerprint density at radius 1 is 1.36 bits per heavy atom. The van der Waals surface area contributed by atoms with Crippen molar-refractivity contribution in [2.75, 3.05) is 0 Å². The van der Waals surface area contributed by atoms with Gasteiger partial charge in [-0.05, 0) is 12.1 Å². The Labute approximate surface area is 121 Å². The Kier molecular flexibility index (Phi) is 3.88. The molecule has 0 spiro atoms. The molecule has 3 N–H and O–H groups in total. The monoisotopic (exact) mass is 318 g/mol. The van der Waals surface area contributed by atoms with E-state index in [0.717, 1.165) is 17.3 Å². The lowest BCUT2D eigenvalue weighted by atomic mass is 9.86. The number of benzene rings is 1. The van der Waals surface area contributed by atoms with Gasteiger partial charge in [-0.3, -0.25) is 4.79 Å². The van der Waals surface area contributed by atoms with Crippen LogP contribution in [0.4, 0.5) is 17.6 Å². The maximum absolute atomic E-state index is 14.1. The fourth-order valence-corrected chi connectivity index (χ4v) is 1.93. The number of carbonyl (C=O) groups is 1. The summed E-state index contributed by atoms with van der Waals surface area (Å²) in [4.78, 5) is 14.5. The lowest BCUT2D eigenvalue weighted by Crippen LogP contribution is -2.56. The van der Waals surface area contributed by atoms with Crippen molar-refractivity contribution >= 4 is 5.91 Å². The van der Waals surface area contributed by atoms with E-state index in [0.29, 0.717) is 18.2 Å². The summed E-state index contributed by atoms with van der Waals surface area (Å²) in [5, 5.41) is 13.8. The quantitative estimate of drug-likeness (QED) is 0.788. The molecule has 0 fully saturated rings. The van der Waals surface area contributed by atoms with Crippen molar-refractivity contribution in [3.63, 3.8) is 0 Å². The standard InChI is InChI=1S/C12H10F4N4O2/c13-7-1-2-8(9(14)3-7)11(22,12(15,16)10(17)21)4-20-6-18-5-19-20/h1-3,5-6,22H,4H2,(H2,17,21)/t11-/m0/s1. The van der Waals surface area contributed by atoms with Crippen LogP contribution in [-0.4, -0.2) is 31.7 Å². The van der Waals surface area contributed by atoms with Crippen LogP contribution in [0.15, 0.2) is 30.9 Å². The Hall–Kier alpha value is -2.49. The van der Waals surface area contributed by atoms with E-state index in [4.69, 9.17) is 0 Å². The first-order chi connectivity index (χ1) is 10.2. The zero-order valence-corrected chi connectivity index (χ0v) is 10.9. The molecule has 0 bridgehead atoms. The highest BCUT2D eigenvalue weighted by atomic mass is 19.3. The average Bonchev–Trinajstić information content (AvgIpc) is 2.90. The number of halogens is 4. The molecule has 2 aromatic rings.